The Morgan fingerprint density at radius 1 is 0.826 bits per heavy atom. The van der Waals surface area contributed by atoms with Crippen LogP contribution in [0.4, 0.5) is 0 Å². The van der Waals surface area contributed by atoms with E-state index in [0.717, 1.165) is 19.3 Å². The number of hydrogen-bond donors (Lipinski definition) is 2. The summed E-state index contributed by atoms with van der Waals surface area (Å²) in [6, 6.07) is 0. The number of aliphatic hydroxyl groups excluding tert-OH is 1. The fraction of sp³-hybridized carbons (Fsp3) is 0.550. The zero-order valence-corrected chi connectivity index (χ0v) is 14.4. The Morgan fingerprint density at radius 2 is 1.30 bits per heavy atom. The van der Waals surface area contributed by atoms with Gasteiger partial charge in [0.1, 0.15) is 0 Å². The summed E-state index contributed by atoms with van der Waals surface area (Å²) in [7, 11) is 0. The van der Waals surface area contributed by atoms with E-state index in [-0.39, 0.29) is 6.42 Å². The summed E-state index contributed by atoms with van der Waals surface area (Å²) in [6.07, 6.45) is 24.4. The molecule has 1 atom stereocenters. The SMILES string of the molecule is CCCCC/C=C\C/C=C\C/C=C\C/C=C\CC[C@@H](O)C(=O)O. The Balaban J connectivity index is 3.49. The van der Waals surface area contributed by atoms with Crippen molar-refractivity contribution in [2.75, 3.05) is 0 Å². The summed E-state index contributed by atoms with van der Waals surface area (Å²) in [6.45, 7) is 2.22. The van der Waals surface area contributed by atoms with Gasteiger partial charge >= 0.3 is 5.97 Å². The monoisotopic (exact) mass is 320 g/mol. The lowest BCUT2D eigenvalue weighted by Crippen LogP contribution is -2.18. The highest BCUT2D eigenvalue weighted by Crippen LogP contribution is 2.01. The fourth-order valence-electron chi connectivity index (χ4n) is 1.94. The first-order chi connectivity index (χ1) is 11.2. The van der Waals surface area contributed by atoms with Crippen molar-refractivity contribution < 1.29 is 15.0 Å². The molecule has 3 nitrogen and oxygen atoms in total. The molecule has 0 unspecified atom stereocenters. The van der Waals surface area contributed by atoms with Crippen molar-refractivity contribution in [2.24, 2.45) is 0 Å². The highest BCUT2D eigenvalue weighted by molar-refractivity contribution is 5.71. The molecular formula is C20H32O3. The van der Waals surface area contributed by atoms with Gasteiger partial charge in [0, 0.05) is 0 Å². The number of carboxylic acid groups (broad SMARTS) is 1. The summed E-state index contributed by atoms with van der Waals surface area (Å²) in [5, 5.41) is 17.6. The van der Waals surface area contributed by atoms with Crippen molar-refractivity contribution in [1.29, 1.82) is 0 Å². The van der Waals surface area contributed by atoms with Crippen molar-refractivity contribution in [1.82, 2.24) is 0 Å². The van der Waals surface area contributed by atoms with Crippen LogP contribution in [0.25, 0.3) is 0 Å². The maximum atomic E-state index is 10.4. The van der Waals surface area contributed by atoms with Gasteiger partial charge in [-0.25, -0.2) is 4.79 Å². The van der Waals surface area contributed by atoms with Crippen LogP contribution in [0.15, 0.2) is 48.6 Å². The van der Waals surface area contributed by atoms with E-state index in [1.165, 1.54) is 25.7 Å². The lowest BCUT2D eigenvalue weighted by Gasteiger charge is -2.00. The van der Waals surface area contributed by atoms with E-state index in [2.05, 4.69) is 43.4 Å². The average molecular weight is 320 g/mol. The minimum absolute atomic E-state index is 0.268. The van der Waals surface area contributed by atoms with Gasteiger partial charge in [0.05, 0.1) is 0 Å². The second kappa shape index (κ2) is 16.8. The molecule has 0 saturated carbocycles. The van der Waals surface area contributed by atoms with E-state index in [1.54, 1.807) is 0 Å². The molecule has 2 N–H and O–H groups in total. The summed E-state index contributed by atoms with van der Waals surface area (Å²) in [5.74, 6) is -1.15. The molecule has 0 aromatic heterocycles. The van der Waals surface area contributed by atoms with E-state index >= 15 is 0 Å². The van der Waals surface area contributed by atoms with E-state index in [4.69, 9.17) is 10.2 Å². The van der Waals surface area contributed by atoms with Crippen molar-refractivity contribution in [3.05, 3.63) is 48.6 Å². The molecule has 0 saturated heterocycles. The van der Waals surface area contributed by atoms with Crippen molar-refractivity contribution in [3.63, 3.8) is 0 Å². The number of carboxylic acids is 1. The molecule has 0 heterocycles. The largest absolute Gasteiger partial charge is 0.479 e. The van der Waals surface area contributed by atoms with Crippen LogP contribution in [0.1, 0.15) is 64.7 Å². The number of allylic oxidation sites excluding steroid dienone is 8. The lowest BCUT2D eigenvalue weighted by molar-refractivity contribution is -0.146. The molecule has 0 radical (unpaired) electrons. The third kappa shape index (κ3) is 16.6. The van der Waals surface area contributed by atoms with Crippen LogP contribution >= 0.6 is 0 Å². The molecule has 23 heavy (non-hydrogen) atoms. The molecule has 3 heteroatoms. The summed E-state index contributed by atoms with van der Waals surface area (Å²) in [4.78, 5) is 10.4. The zero-order chi connectivity index (χ0) is 17.2. The number of carbonyl (C=O) groups is 1. The fourth-order valence-corrected chi connectivity index (χ4v) is 1.94. The van der Waals surface area contributed by atoms with E-state index in [9.17, 15) is 4.79 Å². The van der Waals surface area contributed by atoms with Gasteiger partial charge in [-0.15, -0.1) is 0 Å². The number of rotatable bonds is 14. The van der Waals surface area contributed by atoms with Crippen molar-refractivity contribution in [3.8, 4) is 0 Å². The summed E-state index contributed by atoms with van der Waals surface area (Å²) >= 11 is 0. The molecule has 0 aliphatic rings. The topological polar surface area (TPSA) is 57.5 Å². The third-order valence-corrected chi connectivity index (χ3v) is 3.35. The van der Waals surface area contributed by atoms with Gasteiger partial charge < -0.3 is 10.2 Å². The minimum atomic E-state index is -1.25. The maximum absolute atomic E-state index is 10.4. The molecular weight excluding hydrogens is 288 g/mol. The second-order valence-electron chi connectivity index (χ2n) is 5.52. The molecule has 0 fully saturated rings. The van der Waals surface area contributed by atoms with E-state index in [0.29, 0.717) is 6.42 Å². The molecule has 130 valence electrons. The number of aliphatic carboxylic acids is 1. The Bertz CT molecular complexity index is 392. The maximum Gasteiger partial charge on any atom is 0.332 e. The van der Waals surface area contributed by atoms with Crippen LogP contribution < -0.4 is 0 Å². The van der Waals surface area contributed by atoms with Crippen LogP contribution in [0.3, 0.4) is 0 Å². The quantitative estimate of drug-likeness (QED) is 0.342. The molecule has 0 spiro atoms. The van der Waals surface area contributed by atoms with Crippen LogP contribution in [-0.4, -0.2) is 22.3 Å². The highest BCUT2D eigenvalue weighted by Gasteiger charge is 2.10. The smallest absolute Gasteiger partial charge is 0.332 e. The van der Waals surface area contributed by atoms with Crippen molar-refractivity contribution >= 4 is 5.97 Å². The number of aliphatic hydroxyl groups is 1. The Hall–Kier alpha value is -1.61. The first kappa shape index (κ1) is 21.4. The van der Waals surface area contributed by atoms with Gasteiger partial charge in [-0.1, -0.05) is 68.4 Å². The first-order valence-corrected chi connectivity index (χ1v) is 8.69. The first-order valence-electron chi connectivity index (χ1n) is 8.69. The van der Waals surface area contributed by atoms with Gasteiger partial charge in [0.2, 0.25) is 0 Å². The zero-order valence-electron chi connectivity index (χ0n) is 14.4. The Labute approximate surface area is 141 Å². The molecule has 0 rings (SSSR count). The van der Waals surface area contributed by atoms with Crippen LogP contribution in [0.2, 0.25) is 0 Å². The van der Waals surface area contributed by atoms with E-state index < -0.39 is 12.1 Å². The lowest BCUT2D eigenvalue weighted by atomic mass is 10.2. The van der Waals surface area contributed by atoms with Gasteiger partial charge in [0.25, 0.3) is 0 Å². The third-order valence-electron chi connectivity index (χ3n) is 3.35. The standard InChI is InChI=1S/C20H32O3/c1-2-3-4-5-6-7-8-9-10-11-12-13-14-15-16-17-18-19(21)20(22)23/h6-7,9-10,12-13,15-16,19,21H,2-5,8,11,14,17-18H2,1H3,(H,22,23)/b7-6-,10-9-,13-12-,16-15-/t19-/m1/s1. The molecule has 0 aliphatic heterocycles. The minimum Gasteiger partial charge on any atom is -0.479 e. The predicted molar refractivity (Wildman–Crippen MR) is 97.4 cm³/mol. The van der Waals surface area contributed by atoms with Crippen LogP contribution in [0, 0.1) is 0 Å². The van der Waals surface area contributed by atoms with Crippen LogP contribution in [0.5, 0.6) is 0 Å². The Morgan fingerprint density at radius 3 is 1.78 bits per heavy atom. The second-order valence-corrected chi connectivity index (χ2v) is 5.52. The van der Waals surface area contributed by atoms with Gasteiger partial charge in [-0.05, 0) is 44.9 Å². The molecule has 0 amide bonds. The number of unbranched alkanes of at least 4 members (excludes halogenated alkanes) is 3. The summed E-state index contributed by atoms with van der Waals surface area (Å²) < 4.78 is 0. The predicted octanol–water partition coefficient (Wildman–Crippen LogP) is 5.19. The van der Waals surface area contributed by atoms with Gasteiger partial charge in [0.15, 0.2) is 6.10 Å². The van der Waals surface area contributed by atoms with Gasteiger partial charge in [-0.3, -0.25) is 0 Å². The van der Waals surface area contributed by atoms with Crippen LogP contribution in [-0.2, 0) is 4.79 Å². The molecule has 0 aromatic rings. The molecule has 0 aliphatic carbocycles. The molecule has 0 aromatic carbocycles. The van der Waals surface area contributed by atoms with E-state index in [1.807, 2.05) is 12.2 Å². The highest BCUT2D eigenvalue weighted by atomic mass is 16.4. The summed E-state index contributed by atoms with van der Waals surface area (Å²) in [5.41, 5.74) is 0. The normalized spacial score (nSPS) is 13.8. The molecule has 0 bridgehead atoms. The number of hydrogen-bond acceptors (Lipinski definition) is 2. The Kier molecular flexibility index (Phi) is 15.6. The average Bonchev–Trinajstić information content (AvgIpc) is 2.54. The van der Waals surface area contributed by atoms with Gasteiger partial charge in [-0.2, -0.15) is 0 Å². The van der Waals surface area contributed by atoms with Crippen molar-refractivity contribution in [2.45, 2.75) is 70.8 Å².